The van der Waals surface area contributed by atoms with E-state index in [1.54, 1.807) is 0 Å². The Hall–Kier alpha value is -1.59. The largest absolute Gasteiger partial charge is 0.379 e. The highest BCUT2D eigenvalue weighted by Crippen LogP contribution is 2.06. The maximum atomic E-state index is 11.5. The van der Waals surface area contributed by atoms with E-state index in [1.165, 1.54) is 6.42 Å². The minimum absolute atomic E-state index is 0.0275. The van der Waals surface area contributed by atoms with E-state index in [9.17, 15) is 4.79 Å². The van der Waals surface area contributed by atoms with Gasteiger partial charge in [0.05, 0.1) is 0 Å². The third-order valence-corrected chi connectivity index (χ3v) is 2.22. The Bertz CT molecular complexity index is 335. The number of hydrogen-bond acceptors (Lipinski definition) is 5. The normalized spacial score (nSPS) is 10.7. The van der Waals surface area contributed by atoms with Gasteiger partial charge in [0.25, 0.3) is 5.91 Å². The number of nitrogen functional groups attached to an aromatic ring is 1. The number of nitrogens with one attached hydrogen (secondary N) is 1. The molecule has 90 valence electrons. The van der Waals surface area contributed by atoms with Gasteiger partial charge in [-0.25, -0.2) is 4.63 Å². The molecule has 0 aliphatic heterocycles. The van der Waals surface area contributed by atoms with Crippen LogP contribution in [-0.4, -0.2) is 22.8 Å². The summed E-state index contributed by atoms with van der Waals surface area (Å²) < 4.78 is 4.34. The Morgan fingerprint density at radius 3 is 2.75 bits per heavy atom. The fourth-order valence-corrected chi connectivity index (χ4v) is 1.32. The molecule has 6 nitrogen and oxygen atoms in total. The standard InChI is InChI=1S/C10H18N4O2/c1-7(2)5-3-4-6-12-10(15)8-9(11)14-16-13-8/h7H,3-6H2,1-2H3,(H2,11,14)(H,12,15). The average Bonchev–Trinajstić information content (AvgIpc) is 2.63. The first kappa shape index (κ1) is 12.5. The Kier molecular flexibility index (Phi) is 4.75. The van der Waals surface area contributed by atoms with E-state index in [0.717, 1.165) is 12.8 Å². The number of amides is 1. The van der Waals surface area contributed by atoms with Crippen LogP contribution in [0.15, 0.2) is 4.63 Å². The first-order valence-corrected chi connectivity index (χ1v) is 5.47. The van der Waals surface area contributed by atoms with E-state index in [4.69, 9.17) is 5.73 Å². The van der Waals surface area contributed by atoms with Crippen LogP contribution in [0.25, 0.3) is 0 Å². The zero-order chi connectivity index (χ0) is 12.0. The molecule has 3 N–H and O–H groups in total. The van der Waals surface area contributed by atoms with Gasteiger partial charge in [-0.2, -0.15) is 0 Å². The van der Waals surface area contributed by atoms with Crippen molar-refractivity contribution in [3.63, 3.8) is 0 Å². The van der Waals surface area contributed by atoms with Crippen molar-refractivity contribution in [1.29, 1.82) is 0 Å². The Morgan fingerprint density at radius 2 is 2.19 bits per heavy atom. The number of hydrogen-bond donors (Lipinski definition) is 2. The fourth-order valence-electron chi connectivity index (χ4n) is 1.32. The van der Waals surface area contributed by atoms with E-state index in [-0.39, 0.29) is 17.4 Å². The van der Waals surface area contributed by atoms with Gasteiger partial charge in [-0.15, -0.1) is 0 Å². The van der Waals surface area contributed by atoms with Crippen molar-refractivity contribution in [2.45, 2.75) is 33.1 Å². The molecular weight excluding hydrogens is 208 g/mol. The molecule has 16 heavy (non-hydrogen) atoms. The maximum absolute atomic E-state index is 11.5. The van der Waals surface area contributed by atoms with Crippen LogP contribution >= 0.6 is 0 Å². The average molecular weight is 226 g/mol. The lowest BCUT2D eigenvalue weighted by Gasteiger charge is -2.05. The molecule has 0 bridgehead atoms. The first-order valence-electron chi connectivity index (χ1n) is 5.47. The fraction of sp³-hybridized carbons (Fsp3) is 0.700. The van der Waals surface area contributed by atoms with Gasteiger partial charge in [0.1, 0.15) is 0 Å². The molecular formula is C10H18N4O2. The summed E-state index contributed by atoms with van der Waals surface area (Å²) in [5, 5.41) is 9.47. The monoisotopic (exact) mass is 226 g/mol. The zero-order valence-corrected chi connectivity index (χ0v) is 9.69. The molecule has 1 aromatic heterocycles. The van der Waals surface area contributed by atoms with Crippen molar-refractivity contribution in [2.75, 3.05) is 12.3 Å². The molecule has 6 heteroatoms. The van der Waals surface area contributed by atoms with Crippen molar-refractivity contribution >= 4 is 11.7 Å². The Balaban J connectivity index is 2.19. The van der Waals surface area contributed by atoms with Crippen molar-refractivity contribution in [2.24, 2.45) is 5.92 Å². The number of unbranched alkanes of at least 4 members (excludes halogenated alkanes) is 1. The minimum atomic E-state index is -0.330. The van der Waals surface area contributed by atoms with Crippen molar-refractivity contribution in [3.05, 3.63) is 5.69 Å². The van der Waals surface area contributed by atoms with Gasteiger partial charge in [-0.3, -0.25) is 4.79 Å². The quantitative estimate of drug-likeness (QED) is 0.711. The summed E-state index contributed by atoms with van der Waals surface area (Å²) >= 11 is 0. The van der Waals surface area contributed by atoms with Crippen LogP contribution < -0.4 is 11.1 Å². The molecule has 0 atom stereocenters. The lowest BCUT2D eigenvalue weighted by Crippen LogP contribution is -2.25. The van der Waals surface area contributed by atoms with Crippen LogP contribution in [-0.2, 0) is 0 Å². The summed E-state index contributed by atoms with van der Waals surface area (Å²) in [4.78, 5) is 11.5. The van der Waals surface area contributed by atoms with Gasteiger partial charge in [0.15, 0.2) is 0 Å². The SMILES string of the molecule is CC(C)CCCCNC(=O)c1nonc1N. The topological polar surface area (TPSA) is 94.0 Å². The molecule has 0 radical (unpaired) electrons. The number of rotatable bonds is 6. The molecule has 0 aliphatic carbocycles. The van der Waals surface area contributed by atoms with Gasteiger partial charge >= 0.3 is 0 Å². The molecule has 0 aromatic carbocycles. The van der Waals surface area contributed by atoms with Crippen LogP contribution in [0.2, 0.25) is 0 Å². The van der Waals surface area contributed by atoms with E-state index in [2.05, 4.69) is 34.1 Å². The van der Waals surface area contributed by atoms with Crippen LogP contribution in [0.4, 0.5) is 5.82 Å². The lowest BCUT2D eigenvalue weighted by molar-refractivity contribution is 0.0943. The molecule has 1 heterocycles. The van der Waals surface area contributed by atoms with E-state index in [0.29, 0.717) is 12.5 Å². The summed E-state index contributed by atoms with van der Waals surface area (Å²) in [6.07, 6.45) is 3.23. The van der Waals surface area contributed by atoms with E-state index >= 15 is 0 Å². The van der Waals surface area contributed by atoms with Crippen LogP contribution in [0.3, 0.4) is 0 Å². The molecule has 1 amide bonds. The molecule has 0 saturated heterocycles. The van der Waals surface area contributed by atoms with Gasteiger partial charge < -0.3 is 11.1 Å². The highest BCUT2D eigenvalue weighted by Gasteiger charge is 2.14. The molecule has 0 fully saturated rings. The number of carbonyl (C=O) groups excluding carboxylic acids is 1. The van der Waals surface area contributed by atoms with Crippen molar-refractivity contribution in [1.82, 2.24) is 15.6 Å². The van der Waals surface area contributed by atoms with Crippen molar-refractivity contribution in [3.8, 4) is 0 Å². The summed E-state index contributed by atoms with van der Waals surface area (Å²) in [5.41, 5.74) is 5.44. The number of nitrogens with zero attached hydrogens (tertiary/aromatic N) is 2. The molecule has 0 unspecified atom stereocenters. The predicted molar refractivity (Wildman–Crippen MR) is 59.7 cm³/mol. The predicted octanol–water partition coefficient (Wildman–Crippen LogP) is 1.21. The van der Waals surface area contributed by atoms with Crippen LogP contribution in [0, 0.1) is 5.92 Å². The number of aromatic nitrogens is 2. The minimum Gasteiger partial charge on any atom is -0.379 e. The van der Waals surface area contributed by atoms with Crippen LogP contribution in [0.5, 0.6) is 0 Å². The summed E-state index contributed by atoms with van der Waals surface area (Å²) in [6.45, 7) is 4.98. The molecule has 0 aliphatic rings. The van der Waals surface area contributed by atoms with Gasteiger partial charge in [-0.1, -0.05) is 26.7 Å². The Labute approximate surface area is 94.5 Å². The molecule has 0 saturated carbocycles. The number of nitrogens with two attached hydrogens (primary N) is 1. The lowest BCUT2D eigenvalue weighted by atomic mass is 10.1. The second-order valence-electron chi connectivity index (χ2n) is 4.14. The number of carbonyl (C=O) groups is 1. The Morgan fingerprint density at radius 1 is 1.44 bits per heavy atom. The third kappa shape index (κ3) is 3.88. The second-order valence-corrected chi connectivity index (χ2v) is 4.14. The van der Waals surface area contributed by atoms with Gasteiger partial charge in [0.2, 0.25) is 11.5 Å². The molecule has 1 aromatic rings. The highest BCUT2D eigenvalue weighted by atomic mass is 16.6. The van der Waals surface area contributed by atoms with E-state index < -0.39 is 0 Å². The highest BCUT2D eigenvalue weighted by molar-refractivity contribution is 5.95. The first-order chi connectivity index (χ1) is 7.61. The summed E-state index contributed by atoms with van der Waals surface area (Å²) in [5.74, 6) is 0.397. The van der Waals surface area contributed by atoms with Crippen molar-refractivity contribution < 1.29 is 9.42 Å². The van der Waals surface area contributed by atoms with E-state index in [1.807, 2.05) is 0 Å². The van der Waals surface area contributed by atoms with Crippen LogP contribution in [0.1, 0.15) is 43.6 Å². The maximum Gasteiger partial charge on any atom is 0.277 e. The number of anilines is 1. The summed E-state index contributed by atoms with van der Waals surface area (Å²) in [7, 11) is 0. The summed E-state index contributed by atoms with van der Waals surface area (Å²) in [6, 6.07) is 0. The smallest absolute Gasteiger partial charge is 0.277 e. The molecule has 0 spiro atoms. The zero-order valence-electron chi connectivity index (χ0n) is 9.69. The third-order valence-electron chi connectivity index (χ3n) is 2.22. The van der Waals surface area contributed by atoms with Gasteiger partial charge in [-0.05, 0) is 22.7 Å². The second kappa shape index (κ2) is 6.09. The van der Waals surface area contributed by atoms with Gasteiger partial charge in [0, 0.05) is 6.54 Å². The molecule has 1 rings (SSSR count).